The first-order valence-electron chi connectivity index (χ1n) is 1.36. The van der Waals surface area contributed by atoms with Gasteiger partial charge in [-0.3, -0.25) is 0 Å². The predicted molar refractivity (Wildman–Crippen MR) is 21.7 cm³/mol. The van der Waals surface area contributed by atoms with E-state index < -0.39 is 6.16 Å². The molecule has 0 radical (unpaired) electrons. The van der Waals surface area contributed by atoms with Gasteiger partial charge in [0.05, 0.1) is 0 Å². The maximum Gasteiger partial charge on any atom is 1.00 e. The van der Waals surface area contributed by atoms with Crippen molar-refractivity contribution in [3.05, 3.63) is 6.92 Å². The second-order valence-corrected chi connectivity index (χ2v) is 0.283. The number of carboxylic acid groups (broad SMARTS) is 2. The predicted octanol–water partition coefficient (Wildman–Crippen LogP) is -1.93. The van der Waals surface area contributed by atoms with Crippen molar-refractivity contribution < 1.29 is 83.9 Å². The van der Waals surface area contributed by atoms with Gasteiger partial charge in [-0.15, -0.1) is 0 Å². The zero-order valence-electron chi connectivity index (χ0n) is 4.51. The molecule has 7 heavy (non-hydrogen) atoms. The van der Waals surface area contributed by atoms with E-state index >= 15 is 0 Å². The van der Waals surface area contributed by atoms with Crippen molar-refractivity contribution >= 4 is 6.16 Å². The van der Waals surface area contributed by atoms with Crippen molar-refractivity contribution in [3.8, 4) is 0 Å². The summed E-state index contributed by atoms with van der Waals surface area (Å²) in [5.41, 5.74) is 0. The summed E-state index contributed by atoms with van der Waals surface area (Å²) in [7, 11) is 0. The number of carbonyl (C=O) groups is 1. The van der Waals surface area contributed by atoms with Gasteiger partial charge in [0.1, 0.15) is 0 Å². The van der Waals surface area contributed by atoms with Crippen molar-refractivity contribution in [2.75, 3.05) is 0 Å². The van der Waals surface area contributed by atoms with Gasteiger partial charge >= 0.3 is 75.0 Å². The van der Waals surface area contributed by atoms with Gasteiger partial charge in [0.2, 0.25) is 0 Å². The average Bonchev–Trinajstić information content (AvgIpc) is 1.41. The Bertz CT molecular complexity index is 33.2. The molecule has 0 aliphatic heterocycles. The third kappa shape index (κ3) is 119. The smallest absolute Gasteiger partial charge is 0.450 e. The average molecular weight is 224 g/mol. The van der Waals surface area contributed by atoms with Crippen LogP contribution >= 0.6 is 0 Å². The zero-order chi connectivity index (χ0) is 5.58. The van der Waals surface area contributed by atoms with Gasteiger partial charge in [-0.2, -0.15) is 6.92 Å². The van der Waals surface area contributed by atoms with E-state index in [2.05, 4.69) is 6.92 Å². The largest absolute Gasteiger partial charge is 1.00 e. The minimum Gasteiger partial charge on any atom is -0.450 e. The molecule has 0 unspecified atom stereocenters. The van der Waals surface area contributed by atoms with Crippen LogP contribution < -0.4 is 68.9 Å². The third-order valence-corrected chi connectivity index (χ3v) is 0. The first-order chi connectivity index (χ1) is 2.73. The van der Waals surface area contributed by atoms with Crippen LogP contribution in [0.25, 0.3) is 0 Å². The Hall–Kier alpha value is 1.32. The summed E-state index contributed by atoms with van der Waals surface area (Å²) in [6.45, 7) is 5.00. The van der Waals surface area contributed by atoms with Crippen LogP contribution in [0.15, 0.2) is 0 Å². The quantitative estimate of drug-likeness (QED) is 0.471. The Morgan fingerprint density at radius 3 is 1.43 bits per heavy atom. The molecule has 0 aromatic rings. The van der Waals surface area contributed by atoms with Crippen LogP contribution in [0.2, 0.25) is 0 Å². The van der Waals surface area contributed by atoms with Crippen molar-refractivity contribution in [2.45, 2.75) is 6.92 Å². The molecule has 0 amide bonds. The van der Waals surface area contributed by atoms with E-state index in [1.165, 1.54) is 0 Å². The Balaban J connectivity index is -0.0000000480. The molecule has 2 N–H and O–H groups in total. The van der Waals surface area contributed by atoms with Crippen molar-refractivity contribution in [2.24, 2.45) is 0 Å². The Morgan fingerprint density at radius 1 is 1.43 bits per heavy atom. The molecule has 0 fully saturated rings. The summed E-state index contributed by atoms with van der Waals surface area (Å²) >= 11 is 0. The van der Waals surface area contributed by atoms with Gasteiger partial charge in [-0.25, -0.2) is 4.79 Å². The molecular weight excluding hydrogens is 217 g/mol. The van der Waals surface area contributed by atoms with Gasteiger partial charge in [-0.05, 0) is 0 Å². The van der Waals surface area contributed by atoms with E-state index in [1.807, 2.05) is 0 Å². The molecule has 0 aromatic carbocycles. The van der Waals surface area contributed by atoms with Crippen LogP contribution in [-0.4, -0.2) is 16.4 Å². The first kappa shape index (κ1) is 15.8. The van der Waals surface area contributed by atoms with E-state index in [0.29, 0.717) is 0 Å². The van der Waals surface area contributed by atoms with Gasteiger partial charge in [0, 0.05) is 0 Å². The summed E-state index contributed by atoms with van der Waals surface area (Å²) in [5, 5.41) is 13.9. The van der Waals surface area contributed by atoms with Gasteiger partial charge in [-0.1, -0.05) is 0 Å². The van der Waals surface area contributed by atoms with Crippen molar-refractivity contribution in [1.29, 1.82) is 0 Å². The number of hydrogen-bond acceptors (Lipinski definition) is 1. The second kappa shape index (κ2) is 15.7. The fourth-order valence-electron chi connectivity index (χ4n) is 0. The van der Waals surface area contributed by atoms with E-state index in [1.54, 1.807) is 6.92 Å². The molecular formula is C3H7CsO3. The monoisotopic (exact) mass is 224 g/mol. The van der Waals surface area contributed by atoms with Crippen LogP contribution in [0.3, 0.4) is 0 Å². The SMILES string of the molecule is O=C(O)O.[CH2-]C.[Cs+]. The minimum atomic E-state index is -1.83. The molecule has 0 heterocycles. The fourth-order valence-corrected chi connectivity index (χ4v) is 0. The Kier molecular flexibility index (Phi) is 35.3. The molecule has 38 valence electrons. The molecule has 0 spiro atoms. The van der Waals surface area contributed by atoms with E-state index in [4.69, 9.17) is 15.0 Å². The van der Waals surface area contributed by atoms with Gasteiger partial charge < -0.3 is 17.1 Å². The van der Waals surface area contributed by atoms with E-state index in [0.717, 1.165) is 0 Å². The summed E-state index contributed by atoms with van der Waals surface area (Å²) in [4.78, 5) is 8.56. The third-order valence-electron chi connectivity index (χ3n) is 0. The Labute approximate surface area is 102 Å². The molecule has 4 heteroatoms. The summed E-state index contributed by atoms with van der Waals surface area (Å²) < 4.78 is 0. The molecule has 0 rings (SSSR count). The van der Waals surface area contributed by atoms with Crippen LogP contribution in [0.5, 0.6) is 0 Å². The standard InChI is InChI=1S/C2H5.CH2O3.Cs/c1-2;2-1(3)4;/h1H2,2H3;(H2,2,3,4);/q-1;;+1. The summed E-state index contributed by atoms with van der Waals surface area (Å²) in [6, 6.07) is 0. The minimum absolute atomic E-state index is 0. The first-order valence-corrected chi connectivity index (χ1v) is 1.36. The number of rotatable bonds is 0. The van der Waals surface area contributed by atoms with Crippen LogP contribution in [0.4, 0.5) is 4.79 Å². The number of hydrogen-bond donors (Lipinski definition) is 2. The van der Waals surface area contributed by atoms with Gasteiger partial charge in [0.25, 0.3) is 0 Å². The molecule has 0 aliphatic rings. The molecule has 0 bridgehead atoms. The summed E-state index contributed by atoms with van der Waals surface area (Å²) in [5.74, 6) is 0. The molecule has 0 aliphatic carbocycles. The van der Waals surface area contributed by atoms with Gasteiger partial charge in [0.15, 0.2) is 0 Å². The normalized spacial score (nSPS) is 4.29. The zero-order valence-corrected chi connectivity index (χ0v) is 10.8. The van der Waals surface area contributed by atoms with E-state index in [-0.39, 0.29) is 68.9 Å². The fraction of sp³-hybridized carbons (Fsp3) is 0.333. The van der Waals surface area contributed by atoms with Crippen molar-refractivity contribution in [3.63, 3.8) is 0 Å². The van der Waals surface area contributed by atoms with E-state index in [9.17, 15) is 0 Å². The Morgan fingerprint density at radius 2 is 1.43 bits per heavy atom. The maximum absolute atomic E-state index is 8.56. The van der Waals surface area contributed by atoms with Crippen molar-refractivity contribution in [1.82, 2.24) is 0 Å². The van der Waals surface area contributed by atoms with Crippen LogP contribution in [0, 0.1) is 6.92 Å². The summed E-state index contributed by atoms with van der Waals surface area (Å²) in [6.07, 6.45) is -1.83. The maximum atomic E-state index is 8.56. The molecule has 0 aromatic heterocycles. The molecule has 0 saturated carbocycles. The second-order valence-electron chi connectivity index (χ2n) is 0.283. The molecule has 0 atom stereocenters. The topological polar surface area (TPSA) is 57.5 Å². The molecule has 3 nitrogen and oxygen atoms in total. The molecule has 0 saturated heterocycles. The van der Waals surface area contributed by atoms with Crippen LogP contribution in [-0.2, 0) is 0 Å². The van der Waals surface area contributed by atoms with Crippen LogP contribution in [0.1, 0.15) is 6.92 Å².